The van der Waals surface area contributed by atoms with Crippen LogP contribution in [0.15, 0.2) is 20.9 Å². The zero-order valence-electron chi connectivity index (χ0n) is 9.62. The lowest BCUT2D eigenvalue weighted by Gasteiger charge is -2.06. The van der Waals surface area contributed by atoms with Crippen LogP contribution in [0.1, 0.15) is 25.6 Å². The Balaban J connectivity index is 2.30. The van der Waals surface area contributed by atoms with Crippen molar-refractivity contribution in [1.29, 1.82) is 0 Å². The topological polar surface area (TPSA) is 69.4 Å². The second-order valence-electron chi connectivity index (χ2n) is 3.73. The first-order chi connectivity index (χ1) is 8.06. The minimum absolute atomic E-state index is 0.282. The fraction of sp³-hybridized carbons (Fsp3) is 0.444. The van der Waals surface area contributed by atoms with Crippen molar-refractivity contribution in [2.24, 2.45) is 7.05 Å². The Hall–Kier alpha value is -1.02. The minimum Gasteiger partial charge on any atom is -0.226 e. The van der Waals surface area contributed by atoms with Gasteiger partial charge in [0, 0.05) is 19.0 Å². The van der Waals surface area contributed by atoms with Gasteiger partial charge in [-0.3, -0.25) is 0 Å². The van der Waals surface area contributed by atoms with Gasteiger partial charge >= 0.3 is 0 Å². The van der Waals surface area contributed by atoms with E-state index in [0.717, 1.165) is 15.5 Å². The van der Waals surface area contributed by atoms with Gasteiger partial charge in [0.15, 0.2) is 0 Å². The van der Waals surface area contributed by atoms with E-state index in [1.807, 2.05) is 6.07 Å². The predicted molar refractivity (Wildman–Crippen MR) is 66.7 cm³/mol. The molecule has 8 heteroatoms. The van der Waals surface area contributed by atoms with Crippen molar-refractivity contribution in [2.75, 3.05) is 0 Å². The number of aryl methyl sites for hydroxylation is 1. The number of hydrogen-bond donors (Lipinski definition) is 0. The molecule has 0 spiro atoms. The monoisotopic (exact) mass is 314 g/mol. The summed E-state index contributed by atoms with van der Waals surface area (Å²) in [4.78, 5) is 8.78. The highest BCUT2D eigenvalue weighted by Crippen LogP contribution is 2.26. The number of rotatable bonds is 3. The zero-order chi connectivity index (χ0) is 12.4. The highest BCUT2D eigenvalue weighted by Gasteiger charge is 2.10. The lowest BCUT2D eigenvalue weighted by Crippen LogP contribution is -2.00. The van der Waals surface area contributed by atoms with Crippen LogP contribution in [0, 0.1) is 0 Å². The molecule has 0 saturated carbocycles. The smallest absolute Gasteiger partial charge is 0.215 e. The second kappa shape index (κ2) is 5.09. The van der Waals surface area contributed by atoms with Crippen LogP contribution in [0.5, 0.6) is 0 Å². The standard InChI is InChI=1S/C9H11BrN6S/c1-5(2)8-11-6(10)4-7(12-8)17-9-13-14-15-16(9)3/h4-5H,1-3H3. The summed E-state index contributed by atoms with van der Waals surface area (Å²) < 4.78 is 2.38. The summed E-state index contributed by atoms with van der Waals surface area (Å²) in [6.45, 7) is 4.11. The molecule has 2 aromatic heterocycles. The molecule has 0 aliphatic carbocycles. The molecule has 0 fully saturated rings. The van der Waals surface area contributed by atoms with Crippen LogP contribution in [0.2, 0.25) is 0 Å². The summed E-state index contributed by atoms with van der Waals surface area (Å²) in [6.07, 6.45) is 0. The Morgan fingerprint density at radius 3 is 2.71 bits per heavy atom. The molecule has 0 amide bonds. The van der Waals surface area contributed by atoms with Gasteiger partial charge in [-0.15, -0.1) is 5.10 Å². The van der Waals surface area contributed by atoms with E-state index >= 15 is 0 Å². The van der Waals surface area contributed by atoms with E-state index in [9.17, 15) is 0 Å². The van der Waals surface area contributed by atoms with Gasteiger partial charge in [0.2, 0.25) is 5.16 Å². The molecule has 6 nitrogen and oxygen atoms in total. The Morgan fingerprint density at radius 2 is 2.12 bits per heavy atom. The predicted octanol–water partition coefficient (Wildman–Crippen LogP) is 2.04. The molecule has 2 heterocycles. The largest absolute Gasteiger partial charge is 0.226 e. The second-order valence-corrected chi connectivity index (χ2v) is 5.53. The third-order valence-corrected chi connectivity index (χ3v) is 3.34. The van der Waals surface area contributed by atoms with Crippen LogP contribution in [-0.2, 0) is 7.05 Å². The number of aromatic nitrogens is 6. The molecule has 0 unspecified atom stereocenters. The van der Waals surface area contributed by atoms with Crippen molar-refractivity contribution < 1.29 is 0 Å². The summed E-state index contributed by atoms with van der Waals surface area (Å²) in [5, 5.41) is 12.8. The number of tetrazole rings is 1. The van der Waals surface area contributed by atoms with Gasteiger partial charge in [-0.2, -0.15) is 0 Å². The maximum absolute atomic E-state index is 4.46. The number of halogens is 1. The van der Waals surface area contributed by atoms with Gasteiger partial charge in [0.25, 0.3) is 0 Å². The van der Waals surface area contributed by atoms with Crippen molar-refractivity contribution in [2.45, 2.75) is 29.9 Å². The Bertz CT molecular complexity index is 526. The maximum Gasteiger partial charge on any atom is 0.215 e. The molecule has 0 N–H and O–H groups in total. The van der Waals surface area contributed by atoms with Crippen molar-refractivity contribution in [1.82, 2.24) is 30.2 Å². The van der Waals surface area contributed by atoms with E-state index in [1.165, 1.54) is 11.8 Å². The summed E-state index contributed by atoms with van der Waals surface area (Å²) in [5.74, 6) is 1.08. The van der Waals surface area contributed by atoms with Crippen molar-refractivity contribution >= 4 is 27.7 Å². The molecule has 2 rings (SSSR count). The summed E-state index contributed by atoms with van der Waals surface area (Å²) in [7, 11) is 1.79. The minimum atomic E-state index is 0.282. The van der Waals surface area contributed by atoms with Gasteiger partial charge in [-0.1, -0.05) is 13.8 Å². The molecule has 0 radical (unpaired) electrons. The SMILES string of the molecule is CC(C)c1nc(Br)cc(Sc2nnnn2C)n1. The third-order valence-electron chi connectivity index (χ3n) is 1.98. The van der Waals surface area contributed by atoms with E-state index in [2.05, 4.69) is 55.3 Å². The van der Waals surface area contributed by atoms with Crippen LogP contribution in [0.25, 0.3) is 0 Å². The molecule has 0 saturated heterocycles. The van der Waals surface area contributed by atoms with Gasteiger partial charge < -0.3 is 0 Å². The molecule has 0 aliphatic rings. The van der Waals surface area contributed by atoms with Gasteiger partial charge in [0.05, 0.1) is 0 Å². The molecular formula is C9H11BrN6S. The first-order valence-corrected chi connectivity index (χ1v) is 6.62. The molecule has 0 atom stereocenters. The average Bonchev–Trinajstić information content (AvgIpc) is 2.63. The molecule has 2 aromatic rings. The summed E-state index contributed by atoms with van der Waals surface area (Å²) in [5.41, 5.74) is 0. The molecule has 90 valence electrons. The fourth-order valence-electron chi connectivity index (χ4n) is 1.13. The summed E-state index contributed by atoms with van der Waals surface area (Å²) in [6, 6.07) is 1.85. The molecular weight excluding hydrogens is 304 g/mol. The lowest BCUT2D eigenvalue weighted by atomic mass is 10.2. The molecule has 0 aromatic carbocycles. The first-order valence-electron chi connectivity index (χ1n) is 5.01. The van der Waals surface area contributed by atoms with Crippen molar-refractivity contribution in [3.8, 4) is 0 Å². The Kier molecular flexibility index (Phi) is 3.72. The fourth-order valence-corrected chi connectivity index (χ4v) is 2.42. The van der Waals surface area contributed by atoms with Crippen molar-refractivity contribution in [3.63, 3.8) is 0 Å². The normalized spacial score (nSPS) is 11.1. The molecule has 17 heavy (non-hydrogen) atoms. The lowest BCUT2D eigenvalue weighted by molar-refractivity contribution is 0.663. The van der Waals surface area contributed by atoms with E-state index in [0.29, 0.717) is 5.16 Å². The van der Waals surface area contributed by atoms with Crippen LogP contribution >= 0.6 is 27.7 Å². The zero-order valence-corrected chi connectivity index (χ0v) is 12.0. The van der Waals surface area contributed by atoms with Crippen LogP contribution in [-0.4, -0.2) is 30.2 Å². The Morgan fingerprint density at radius 1 is 1.35 bits per heavy atom. The molecule has 0 bridgehead atoms. The third kappa shape index (κ3) is 3.01. The summed E-state index contributed by atoms with van der Waals surface area (Å²) >= 11 is 4.79. The van der Waals surface area contributed by atoms with E-state index in [1.54, 1.807) is 11.7 Å². The number of hydrogen-bond acceptors (Lipinski definition) is 6. The quantitative estimate of drug-likeness (QED) is 0.807. The number of nitrogens with zero attached hydrogens (tertiary/aromatic N) is 6. The first kappa shape index (κ1) is 12.4. The highest BCUT2D eigenvalue weighted by atomic mass is 79.9. The van der Waals surface area contributed by atoms with E-state index in [4.69, 9.17) is 0 Å². The molecule has 0 aliphatic heterocycles. The average molecular weight is 315 g/mol. The van der Waals surface area contributed by atoms with Crippen LogP contribution < -0.4 is 0 Å². The van der Waals surface area contributed by atoms with Crippen molar-refractivity contribution in [3.05, 3.63) is 16.5 Å². The van der Waals surface area contributed by atoms with E-state index < -0.39 is 0 Å². The van der Waals surface area contributed by atoms with Gasteiger partial charge in [-0.05, 0) is 38.1 Å². The van der Waals surface area contributed by atoms with Gasteiger partial charge in [0.1, 0.15) is 15.5 Å². The maximum atomic E-state index is 4.46. The van der Waals surface area contributed by atoms with Gasteiger partial charge in [-0.25, -0.2) is 14.6 Å². The van der Waals surface area contributed by atoms with Crippen LogP contribution in [0.3, 0.4) is 0 Å². The van der Waals surface area contributed by atoms with Crippen LogP contribution in [0.4, 0.5) is 0 Å². The Labute approximate surface area is 111 Å². The highest BCUT2D eigenvalue weighted by molar-refractivity contribution is 9.10. The van der Waals surface area contributed by atoms with E-state index in [-0.39, 0.29) is 5.92 Å².